The first-order chi connectivity index (χ1) is 12.7. The van der Waals surface area contributed by atoms with Gasteiger partial charge in [-0.1, -0.05) is 25.4 Å². The number of hydrogen-bond acceptors (Lipinski definition) is 5. The number of urea groups is 1. The number of benzene rings is 1. The molecule has 0 saturated carbocycles. The Morgan fingerprint density at radius 1 is 1.22 bits per heavy atom. The van der Waals surface area contributed by atoms with Crippen molar-refractivity contribution in [2.24, 2.45) is 0 Å². The average Bonchev–Trinajstić information content (AvgIpc) is 2.88. The number of ether oxygens (including phenoxy) is 1. The number of rotatable bonds is 7. The van der Waals surface area contributed by atoms with Crippen molar-refractivity contribution in [3.8, 4) is 0 Å². The number of nitrogens with one attached hydrogen (secondary N) is 2. The summed E-state index contributed by atoms with van der Waals surface area (Å²) < 4.78 is 5.05. The summed E-state index contributed by atoms with van der Waals surface area (Å²) >= 11 is 5.78. The zero-order valence-electron chi connectivity index (χ0n) is 15.4. The fourth-order valence-electron chi connectivity index (χ4n) is 2.74. The van der Waals surface area contributed by atoms with E-state index in [1.165, 1.54) is 6.92 Å². The highest BCUT2D eigenvalue weighted by Crippen LogP contribution is 2.24. The van der Waals surface area contributed by atoms with Crippen LogP contribution in [0.3, 0.4) is 0 Å². The number of esters is 1. The molecule has 1 heterocycles. The topological polar surface area (TPSA) is 105 Å². The molecule has 0 spiro atoms. The molecule has 0 radical (unpaired) electrons. The van der Waals surface area contributed by atoms with Crippen molar-refractivity contribution >= 4 is 41.1 Å². The van der Waals surface area contributed by atoms with E-state index in [0.717, 1.165) is 4.90 Å². The molecule has 1 aromatic rings. The largest absolute Gasteiger partial charge is 0.451 e. The fourth-order valence-corrected chi connectivity index (χ4v) is 2.87. The Morgan fingerprint density at radius 2 is 1.81 bits per heavy atom. The molecule has 0 aromatic heterocycles. The second-order valence-electron chi connectivity index (χ2n) is 6.24. The van der Waals surface area contributed by atoms with Gasteiger partial charge in [0.15, 0.2) is 6.10 Å². The van der Waals surface area contributed by atoms with Crippen molar-refractivity contribution in [3.05, 3.63) is 29.3 Å². The lowest BCUT2D eigenvalue weighted by Gasteiger charge is -2.23. The van der Waals surface area contributed by atoms with E-state index in [4.69, 9.17) is 16.3 Å². The van der Waals surface area contributed by atoms with Crippen molar-refractivity contribution in [2.75, 3.05) is 11.9 Å². The van der Waals surface area contributed by atoms with Gasteiger partial charge in [0.05, 0.1) is 0 Å². The van der Waals surface area contributed by atoms with Crippen molar-refractivity contribution < 1.29 is 23.9 Å². The lowest BCUT2D eigenvalue weighted by Crippen LogP contribution is -2.46. The predicted molar refractivity (Wildman–Crippen MR) is 99.2 cm³/mol. The van der Waals surface area contributed by atoms with E-state index >= 15 is 0 Å². The standard InChI is InChI=1S/C18H22ClN3O5/c1-4-18(5-2)16(25)22(17(26)21-18)10-14(23)27-11(3)15(24)20-13-8-6-12(19)7-9-13/h6-9,11H,4-5,10H2,1-3H3,(H,20,24)(H,21,26)/t11-/m0/s1. The molecule has 1 aliphatic rings. The van der Waals surface area contributed by atoms with Gasteiger partial charge in [0.1, 0.15) is 12.1 Å². The molecule has 1 aromatic carbocycles. The third kappa shape index (κ3) is 4.57. The van der Waals surface area contributed by atoms with Crippen molar-refractivity contribution in [3.63, 3.8) is 0 Å². The highest BCUT2D eigenvalue weighted by molar-refractivity contribution is 6.30. The number of carbonyl (C=O) groups excluding carboxylic acids is 4. The number of hydrogen-bond donors (Lipinski definition) is 2. The molecule has 9 heteroatoms. The first kappa shape index (κ1) is 20.7. The van der Waals surface area contributed by atoms with E-state index in [-0.39, 0.29) is 0 Å². The zero-order chi connectivity index (χ0) is 20.2. The molecule has 0 aliphatic carbocycles. The molecule has 4 amide bonds. The Balaban J connectivity index is 1.92. The summed E-state index contributed by atoms with van der Waals surface area (Å²) in [6, 6.07) is 5.80. The SMILES string of the molecule is CCC1(CC)NC(=O)N(CC(=O)O[C@@H](C)C(=O)Nc2ccc(Cl)cc2)C1=O. The van der Waals surface area contributed by atoms with Crippen LogP contribution in [0.1, 0.15) is 33.6 Å². The minimum atomic E-state index is -1.10. The molecule has 27 heavy (non-hydrogen) atoms. The number of imide groups is 1. The van der Waals surface area contributed by atoms with E-state index in [1.54, 1.807) is 38.1 Å². The zero-order valence-corrected chi connectivity index (χ0v) is 16.1. The van der Waals surface area contributed by atoms with Crippen LogP contribution >= 0.6 is 11.6 Å². The van der Waals surface area contributed by atoms with Gasteiger partial charge in [-0.3, -0.25) is 19.3 Å². The van der Waals surface area contributed by atoms with Crippen molar-refractivity contribution in [2.45, 2.75) is 45.3 Å². The van der Waals surface area contributed by atoms with Crippen molar-refractivity contribution in [1.29, 1.82) is 0 Å². The average molecular weight is 396 g/mol. The van der Waals surface area contributed by atoms with Gasteiger partial charge in [0.25, 0.3) is 11.8 Å². The second kappa shape index (κ2) is 8.39. The normalized spacial score (nSPS) is 16.7. The van der Waals surface area contributed by atoms with Gasteiger partial charge >= 0.3 is 12.0 Å². The highest BCUT2D eigenvalue weighted by Gasteiger charge is 2.49. The Labute approximate surface area is 162 Å². The van der Waals surface area contributed by atoms with Crippen LogP contribution < -0.4 is 10.6 Å². The number of anilines is 1. The molecule has 1 saturated heterocycles. The maximum atomic E-state index is 12.5. The summed E-state index contributed by atoms with van der Waals surface area (Å²) in [5.74, 6) is -1.85. The third-order valence-electron chi connectivity index (χ3n) is 4.53. The molecule has 0 unspecified atom stereocenters. The summed E-state index contributed by atoms with van der Waals surface area (Å²) in [5, 5.41) is 5.73. The quantitative estimate of drug-likeness (QED) is 0.544. The Kier molecular flexibility index (Phi) is 6.43. The van der Waals surface area contributed by atoms with Crippen LogP contribution in [-0.4, -0.2) is 46.9 Å². The minimum Gasteiger partial charge on any atom is -0.451 e. The van der Waals surface area contributed by atoms with Gasteiger partial charge in [-0.15, -0.1) is 0 Å². The molecule has 2 N–H and O–H groups in total. The maximum absolute atomic E-state index is 12.5. The summed E-state index contributed by atoms with van der Waals surface area (Å²) in [6.45, 7) is 4.42. The van der Waals surface area contributed by atoms with Crippen LogP contribution in [0, 0.1) is 0 Å². The van der Waals surface area contributed by atoms with Gasteiger partial charge in [0.2, 0.25) is 0 Å². The first-order valence-corrected chi connectivity index (χ1v) is 9.00. The monoisotopic (exact) mass is 395 g/mol. The van der Waals surface area contributed by atoms with E-state index < -0.39 is 42.0 Å². The molecule has 1 aliphatic heterocycles. The van der Waals surface area contributed by atoms with E-state index in [0.29, 0.717) is 23.6 Å². The molecule has 0 bridgehead atoms. The van der Waals surface area contributed by atoms with Crippen LogP contribution in [-0.2, 0) is 19.1 Å². The molecule has 8 nitrogen and oxygen atoms in total. The lowest BCUT2D eigenvalue weighted by atomic mass is 9.93. The van der Waals surface area contributed by atoms with E-state index in [1.807, 2.05) is 0 Å². The Bertz CT molecular complexity index is 746. The van der Waals surface area contributed by atoms with Gasteiger partial charge in [0, 0.05) is 10.7 Å². The smallest absolute Gasteiger partial charge is 0.327 e. The van der Waals surface area contributed by atoms with Crippen LogP contribution in [0.25, 0.3) is 0 Å². The van der Waals surface area contributed by atoms with Gasteiger partial charge in [-0.05, 0) is 44.0 Å². The summed E-state index contributed by atoms with van der Waals surface area (Å²) in [7, 11) is 0. The van der Waals surface area contributed by atoms with E-state index in [9.17, 15) is 19.2 Å². The third-order valence-corrected chi connectivity index (χ3v) is 4.78. The van der Waals surface area contributed by atoms with Gasteiger partial charge in [-0.2, -0.15) is 0 Å². The molecule has 146 valence electrons. The van der Waals surface area contributed by atoms with Crippen LogP contribution in [0.2, 0.25) is 5.02 Å². The molecule has 1 atom stereocenters. The number of halogens is 1. The molecule has 1 fully saturated rings. The van der Waals surface area contributed by atoms with E-state index in [2.05, 4.69) is 10.6 Å². The van der Waals surface area contributed by atoms with Crippen LogP contribution in [0.5, 0.6) is 0 Å². The number of carbonyl (C=O) groups is 4. The summed E-state index contributed by atoms with van der Waals surface area (Å²) in [5.41, 5.74) is -0.494. The predicted octanol–water partition coefficient (Wildman–Crippen LogP) is 2.32. The fraction of sp³-hybridized carbons (Fsp3) is 0.444. The lowest BCUT2D eigenvalue weighted by molar-refractivity contribution is -0.155. The van der Waals surface area contributed by atoms with Gasteiger partial charge < -0.3 is 15.4 Å². The first-order valence-electron chi connectivity index (χ1n) is 8.62. The second-order valence-corrected chi connectivity index (χ2v) is 6.68. The molecule has 2 rings (SSSR count). The number of nitrogens with zero attached hydrogens (tertiary/aromatic N) is 1. The van der Waals surface area contributed by atoms with Crippen molar-refractivity contribution in [1.82, 2.24) is 10.2 Å². The van der Waals surface area contributed by atoms with Crippen LogP contribution in [0.4, 0.5) is 10.5 Å². The van der Waals surface area contributed by atoms with Gasteiger partial charge in [-0.25, -0.2) is 4.79 Å². The Morgan fingerprint density at radius 3 is 2.33 bits per heavy atom. The summed E-state index contributed by atoms with van der Waals surface area (Å²) in [6.07, 6.45) is -0.268. The summed E-state index contributed by atoms with van der Waals surface area (Å²) in [4.78, 5) is 49.5. The minimum absolute atomic E-state index is 0.416. The molecular weight excluding hydrogens is 374 g/mol. The molecular formula is C18H22ClN3O5. The number of amides is 4. The van der Waals surface area contributed by atoms with Crippen LogP contribution in [0.15, 0.2) is 24.3 Å². The maximum Gasteiger partial charge on any atom is 0.327 e. The highest BCUT2D eigenvalue weighted by atomic mass is 35.5. The Hall–Kier alpha value is -2.61.